The lowest BCUT2D eigenvalue weighted by Gasteiger charge is -2.20. The van der Waals surface area contributed by atoms with Gasteiger partial charge < -0.3 is 11.1 Å². The minimum Gasteiger partial charge on any atom is -0.349 e. The molecular formula is C15H24N2O. The monoisotopic (exact) mass is 248 g/mol. The third-order valence-corrected chi connectivity index (χ3v) is 3.31. The van der Waals surface area contributed by atoms with Crippen molar-refractivity contribution < 1.29 is 4.79 Å². The van der Waals surface area contributed by atoms with Gasteiger partial charge in [-0.3, -0.25) is 4.79 Å². The Bertz CT molecular complexity index is 406. The molecule has 0 saturated heterocycles. The van der Waals surface area contributed by atoms with Gasteiger partial charge in [-0.25, -0.2) is 0 Å². The molecule has 3 heteroatoms. The number of carbonyl (C=O) groups excluding carboxylic acids is 1. The molecule has 0 aliphatic heterocycles. The van der Waals surface area contributed by atoms with Gasteiger partial charge in [-0.1, -0.05) is 36.2 Å². The molecule has 0 saturated carbocycles. The van der Waals surface area contributed by atoms with Gasteiger partial charge in [0.1, 0.15) is 0 Å². The fourth-order valence-electron chi connectivity index (χ4n) is 1.93. The lowest BCUT2D eigenvalue weighted by Crippen LogP contribution is -2.39. The van der Waals surface area contributed by atoms with Crippen LogP contribution in [0.25, 0.3) is 0 Å². The average molecular weight is 248 g/mol. The van der Waals surface area contributed by atoms with Crippen molar-refractivity contribution in [3.05, 3.63) is 34.9 Å². The molecule has 3 N–H and O–H groups in total. The molecule has 1 aromatic carbocycles. The summed E-state index contributed by atoms with van der Waals surface area (Å²) in [5.74, 6) is -0.157. The van der Waals surface area contributed by atoms with Crippen LogP contribution >= 0.6 is 0 Å². The van der Waals surface area contributed by atoms with Crippen molar-refractivity contribution in [1.29, 1.82) is 0 Å². The van der Waals surface area contributed by atoms with Crippen molar-refractivity contribution in [1.82, 2.24) is 5.32 Å². The summed E-state index contributed by atoms with van der Waals surface area (Å²) >= 11 is 0. The Morgan fingerprint density at radius 2 is 1.61 bits per heavy atom. The van der Waals surface area contributed by atoms with Crippen LogP contribution in [0.15, 0.2) is 18.2 Å². The van der Waals surface area contributed by atoms with Gasteiger partial charge >= 0.3 is 0 Å². The molecule has 0 spiro atoms. The van der Waals surface area contributed by atoms with Crippen LogP contribution in [0.4, 0.5) is 0 Å². The summed E-state index contributed by atoms with van der Waals surface area (Å²) in [6.07, 6.45) is 0. The van der Waals surface area contributed by atoms with Crippen molar-refractivity contribution in [2.75, 3.05) is 0 Å². The van der Waals surface area contributed by atoms with Crippen LogP contribution in [-0.2, 0) is 4.79 Å². The molecule has 0 bridgehead atoms. The molecule has 0 radical (unpaired) electrons. The van der Waals surface area contributed by atoms with Crippen LogP contribution in [0.2, 0.25) is 0 Å². The second kappa shape index (κ2) is 6.01. The van der Waals surface area contributed by atoms with Gasteiger partial charge in [0, 0.05) is 12.0 Å². The standard InChI is InChI=1S/C15H24N2O/c1-9-6-10(2)8-14(7-9)13(5)17-15(18)11(3)12(4)16/h6-8,11-13H,16H2,1-5H3,(H,17,18). The number of aryl methyl sites for hydroxylation is 2. The molecule has 100 valence electrons. The summed E-state index contributed by atoms with van der Waals surface area (Å²) in [6, 6.07) is 6.22. The molecule has 3 atom stereocenters. The number of hydrogen-bond acceptors (Lipinski definition) is 2. The molecular weight excluding hydrogens is 224 g/mol. The van der Waals surface area contributed by atoms with E-state index in [0.717, 1.165) is 5.56 Å². The first-order valence-corrected chi connectivity index (χ1v) is 6.45. The number of amides is 1. The molecule has 1 rings (SSSR count). The molecule has 0 heterocycles. The Labute approximate surface area is 110 Å². The van der Waals surface area contributed by atoms with Crippen LogP contribution in [0.3, 0.4) is 0 Å². The van der Waals surface area contributed by atoms with Gasteiger partial charge in [0.25, 0.3) is 0 Å². The van der Waals surface area contributed by atoms with E-state index in [9.17, 15) is 4.79 Å². The third-order valence-electron chi connectivity index (χ3n) is 3.31. The van der Waals surface area contributed by atoms with Gasteiger partial charge in [0.2, 0.25) is 5.91 Å². The smallest absolute Gasteiger partial charge is 0.224 e. The molecule has 18 heavy (non-hydrogen) atoms. The first-order valence-electron chi connectivity index (χ1n) is 6.45. The molecule has 0 fully saturated rings. The van der Waals surface area contributed by atoms with E-state index >= 15 is 0 Å². The fraction of sp³-hybridized carbons (Fsp3) is 0.533. The van der Waals surface area contributed by atoms with E-state index in [2.05, 4.69) is 37.4 Å². The van der Waals surface area contributed by atoms with Crippen molar-refractivity contribution >= 4 is 5.91 Å². The van der Waals surface area contributed by atoms with E-state index in [1.807, 2.05) is 20.8 Å². The SMILES string of the molecule is Cc1cc(C)cc(C(C)NC(=O)C(C)C(C)N)c1. The highest BCUT2D eigenvalue weighted by atomic mass is 16.1. The molecule has 0 aliphatic rings. The third kappa shape index (κ3) is 3.84. The van der Waals surface area contributed by atoms with Gasteiger partial charge in [0.05, 0.1) is 6.04 Å². The highest BCUT2D eigenvalue weighted by Crippen LogP contribution is 2.17. The Kier molecular flexibility index (Phi) is 4.91. The number of carbonyl (C=O) groups is 1. The summed E-state index contributed by atoms with van der Waals surface area (Å²) in [7, 11) is 0. The summed E-state index contributed by atoms with van der Waals surface area (Å²) in [5, 5.41) is 3.01. The number of hydrogen-bond donors (Lipinski definition) is 2. The van der Waals surface area contributed by atoms with Crippen LogP contribution in [0, 0.1) is 19.8 Å². The minimum atomic E-state index is -0.168. The van der Waals surface area contributed by atoms with E-state index < -0.39 is 0 Å². The summed E-state index contributed by atoms with van der Waals surface area (Å²) in [4.78, 5) is 11.9. The quantitative estimate of drug-likeness (QED) is 0.860. The molecule has 3 unspecified atom stereocenters. The van der Waals surface area contributed by atoms with Crippen molar-refractivity contribution in [2.24, 2.45) is 11.7 Å². The van der Waals surface area contributed by atoms with Gasteiger partial charge in [-0.2, -0.15) is 0 Å². The van der Waals surface area contributed by atoms with Gasteiger partial charge in [0.15, 0.2) is 0 Å². The zero-order valence-electron chi connectivity index (χ0n) is 11.9. The minimum absolute atomic E-state index is 0.0108. The maximum absolute atomic E-state index is 11.9. The molecule has 0 aromatic heterocycles. The summed E-state index contributed by atoms with van der Waals surface area (Å²) in [5.41, 5.74) is 9.30. The number of nitrogens with one attached hydrogen (secondary N) is 1. The highest BCUT2D eigenvalue weighted by molar-refractivity contribution is 5.79. The van der Waals surface area contributed by atoms with E-state index in [0.29, 0.717) is 0 Å². The van der Waals surface area contributed by atoms with Crippen LogP contribution in [0.5, 0.6) is 0 Å². The lowest BCUT2D eigenvalue weighted by atomic mass is 10.00. The fourth-order valence-corrected chi connectivity index (χ4v) is 1.93. The van der Waals surface area contributed by atoms with E-state index in [-0.39, 0.29) is 23.9 Å². The number of rotatable bonds is 4. The number of benzene rings is 1. The maximum Gasteiger partial charge on any atom is 0.224 e. The van der Waals surface area contributed by atoms with Crippen LogP contribution < -0.4 is 11.1 Å². The second-order valence-corrected chi connectivity index (χ2v) is 5.30. The Morgan fingerprint density at radius 3 is 2.06 bits per heavy atom. The average Bonchev–Trinajstić information content (AvgIpc) is 2.26. The van der Waals surface area contributed by atoms with Crippen LogP contribution in [0.1, 0.15) is 43.5 Å². The zero-order valence-corrected chi connectivity index (χ0v) is 11.9. The highest BCUT2D eigenvalue weighted by Gasteiger charge is 2.19. The normalized spacial score (nSPS) is 15.9. The molecule has 0 aliphatic carbocycles. The second-order valence-electron chi connectivity index (χ2n) is 5.30. The Morgan fingerprint density at radius 1 is 1.11 bits per heavy atom. The maximum atomic E-state index is 11.9. The first kappa shape index (κ1) is 14.7. The van der Waals surface area contributed by atoms with Crippen molar-refractivity contribution in [3.8, 4) is 0 Å². The predicted molar refractivity (Wildman–Crippen MR) is 75.3 cm³/mol. The largest absolute Gasteiger partial charge is 0.349 e. The summed E-state index contributed by atoms with van der Waals surface area (Å²) in [6.45, 7) is 9.84. The van der Waals surface area contributed by atoms with E-state index in [1.54, 1.807) is 0 Å². The van der Waals surface area contributed by atoms with Crippen LogP contribution in [-0.4, -0.2) is 11.9 Å². The zero-order chi connectivity index (χ0) is 13.9. The van der Waals surface area contributed by atoms with E-state index in [1.165, 1.54) is 11.1 Å². The van der Waals surface area contributed by atoms with Gasteiger partial charge in [-0.05, 0) is 33.3 Å². The Balaban J connectivity index is 2.76. The van der Waals surface area contributed by atoms with Crippen molar-refractivity contribution in [3.63, 3.8) is 0 Å². The van der Waals surface area contributed by atoms with E-state index in [4.69, 9.17) is 5.73 Å². The molecule has 1 amide bonds. The topological polar surface area (TPSA) is 55.1 Å². The predicted octanol–water partition coefficient (Wildman–Crippen LogP) is 2.46. The molecule has 1 aromatic rings. The van der Waals surface area contributed by atoms with Gasteiger partial charge in [-0.15, -0.1) is 0 Å². The summed E-state index contributed by atoms with van der Waals surface area (Å²) < 4.78 is 0. The lowest BCUT2D eigenvalue weighted by molar-refractivity contribution is -0.125. The Hall–Kier alpha value is -1.35. The van der Waals surface area contributed by atoms with Crippen molar-refractivity contribution in [2.45, 2.75) is 46.7 Å². The number of nitrogens with two attached hydrogens (primary N) is 1. The first-order chi connectivity index (χ1) is 8.31. The molecule has 3 nitrogen and oxygen atoms in total.